The van der Waals surface area contributed by atoms with Crippen LogP contribution in [0.2, 0.25) is 0 Å². The maximum Gasteiger partial charge on any atom is 0.243 e. The maximum absolute atomic E-state index is 13.6. The minimum Gasteiger partial charge on any atom is -0.361 e. The van der Waals surface area contributed by atoms with Crippen molar-refractivity contribution in [2.24, 2.45) is 0 Å². The van der Waals surface area contributed by atoms with Gasteiger partial charge < -0.3 is 47.5 Å². The predicted octanol–water partition coefficient (Wildman–Crippen LogP) is -1.04. The van der Waals surface area contributed by atoms with Crippen LogP contribution in [0.15, 0.2) is 72.9 Å². The molecule has 1 saturated heterocycles. The molecule has 0 saturated carbocycles. The van der Waals surface area contributed by atoms with Gasteiger partial charge in [0.25, 0.3) is 0 Å². The molecule has 0 bridgehead atoms. The van der Waals surface area contributed by atoms with Crippen molar-refractivity contribution in [3.05, 3.63) is 84.1 Å². The fourth-order valence-electron chi connectivity index (χ4n) is 6.21. The van der Waals surface area contributed by atoms with Gasteiger partial charge in [0.1, 0.15) is 18.1 Å². The first-order valence-corrected chi connectivity index (χ1v) is 18.2. The van der Waals surface area contributed by atoms with Crippen LogP contribution >= 0.6 is 0 Å². The molecular weight excluding hydrogens is 722 g/mol. The van der Waals surface area contributed by atoms with Crippen LogP contribution in [0, 0.1) is 0 Å². The molecule has 0 unspecified atom stereocenters. The van der Waals surface area contributed by atoms with Crippen molar-refractivity contribution in [1.82, 2.24) is 47.5 Å². The third-order valence-corrected chi connectivity index (χ3v) is 9.06. The Labute approximate surface area is 321 Å². The quantitative estimate of drug-likeness (QED) is 0.112. The van der Waals surface area contributed by atoms with Crippen LogP contribution in [0.3, 0.4) is 0 Å². The molecule has 56 heavy (non-hydrogen) atoms. The molecule has 3 atom stereocenters. The molecule has 1 fully saturated rings. The molecule has 0 radical (unpaired) electrons. The summed E-state index contributed by atoms with van der Waals surface area (Å²) in [5.41, 5.74) is 2.32. The van der Waals surface area contributed by atoms with Gasteiger partial charge >= 0.3 is 0 Å². The minimum atomic E-state index is -1.26. The van der Waals surface area contributed by atoms with Crippen molar-refractivity contribution in [2.45, 2.75) is 50.7 Å². The highest BCUT2D eigenvalue weighted by Gasteiger charge is 2.27. The van der Waals surface area contributed by atoms with Crippen LogP contribution < -0.4 is 42.5 Å². The number of carbonyl (C=O) groups is 8. The van der Waals surface area contributed by atoms with Gasteiger partial charge in [-0.2, -0.15) is 0 Å². The number of amides is 8. The molecule has 2 heterocycles. The van der Waals surface area contributed by atoms with Crippen LogP contribution in [-0.4, -0.2) is 103 Å². The van der Waals surface area contributed by atoms with Crippen LogP contribution in [0.1, 0.15) is 30.9 Å². The number of fused-ring (bicyclic) bond motifs is 2. The predicted molar refractivity (Wildman–Crippen MR) is 205 cm³/mol. The third kappa shape index (κ3) is 11.9. The normalized spacial score (nSPS) is 19.6. The summed E-state index contributed by atoms with van der Waals surface area (Å²) in [6.45, 7) is -0.293. The van der Waals surface area contributed by atoms with Gasteiger partial charge in [0.05, 0.1) is 19.6 Å². The fourth-order valence-corrected chi connectivity index (χ4v) is 6.21. The fraction of sp³-hybridized carbons (Fsp3) is 0.333. The minimum absolute atomic E-state index is 0.00314. The van der Waals surface area contributed by atoms with Crippen LogP contribution in [0.25, 0.3) is 21.7 Å². The van der Waals surface area contributed by atoms with Gasteiger partial charge in [0.2, 0.25) is 47.3 Å². The standard InChI is InChI=1S/C39H45N9O8/c1-23(49)42-20-34(51)46-30-12-13-33(50)40-14-15-41-38(55)32(18-27-19-43-29-9-5-4-8-28(27)29)48-36(53)22-45-39(56)31(47-35(52)21-44-37(30)54)17-24-10-11-25-6-2-3-7-26(25)16-24/h2-11,16,19,30-32,43H,12-15,17-18,20-22H2,1H3,(H,40,50)(H,41,55)(H,42,49)(H,44,54)(H,45,56)(H,46,51)(H,47,52)(H,48,53)/t30-,31+,32+/m0/s1. The number of H-pyrrole nitrogens is 1. The number of rotatable bonds is 7. The molecule has 9 N–H and O–H groups in total. The number of carbonyl (C=O) groups excluding carboxylic acids is 8. The van der Waals surface area contributed by atoms with Gasteiger partial charge in [-0.3, -0.25) is 38.4 Å². The first-order valence-electron chi connectivity index (χ1n) is 18.2. The number of para-hydroxylation sites is 1. The van der Waals surface area contributed by atoms with Crippen LogP contribution in [0.5, 0.6) is 0 Å². The van der Waals surface area contributed by atoms with E-state index >= 15 is 0 Å². The Morgan fingerprint density at radius 2 is 1.34 bits per heavy atom. The van der Waals surface area contributed by atoms with Gasteiger partial charge in [-0.25, -0.2) is 0 Å². The van der Waals surface area contributed by atoms with Crippen molar-refractivity contribution in [1.29, 1.82) is 0 Å². The SMILES string of the molecule is CC(=O)NCC(=O)N[C@H]1CCC(=O)NCCNC(=O)[C@@H](Cc2c[nH]c3ccccc23)NC(=O)CNC(=O)[C@@H](Cc2ccc3ccccc3c2)NC(=O)CNC1=O. The monoisotopic (exact) mass is 767 g/mol. The molecular formula is C39H45N9O8. The highest BCUT2D eigenvalue weighted by atomic mass is 16.2. The average Bonchev–Trinajstić information content (AvgIpc) is 3.59. The van der Waals surface area contributed by atoms with E-state index in [1.54, 1.807) is 6.20 Å². The summed E-state index contributed by atoms with van der Waals surface area (Å²) in [4.78, 5) is 106. The molecule has 1 aromatic heterocycles. The second kappa shape index (κ2) is 19.5. The van der Waals surface area contributed by atoms with Crippen LogP contribution in [0.4, 0.5) is 0 Å². The summed E-state index contributed by atoms with van der Waals surface area (Å²) in [6.07, 6.45) is 1.51. The third-order valence-electron chi connectivity index (χ3n) is 9.06. The molecule has 1 aliphatic rings. The number of hydrogen-bond acceptors (Lipinski definition) is 8. The van der Waals surface area contributed by atoms with E-state index in [0.29, 0.717) is 5.56 Å². The molecule has 0 aliphatic carbocycles. The lowest BCUT2D eigenvalue weighted by atomic mass is 10.0. The zero-order valence-corrected chi connectivity index (χ0v) is 30.8. The zero-order chi connectivity index (χ0) is 40.0. The molecule has 3 aromatic carbocycles. The number of benzene rings is 3. The van der Waals surface area contributed by atoms with E-state index in [1.165, 1.54) is 6.92 Å². The lowest BCUT2D eigenvalue weighted by Crippen LogP contribution is -2.55. The number of hydrogen-bond donors (Lipinski definition) is 9. The second-order valence-corrected chi connectivity index (χ2v) is 13.3. The Morgan fingerprint density at radius 3 is 2.09 bits per heavy atom. The lowest BCUT2D eigenvalue weighted by Gasteiger charge is -2.21. The maximum atomic E-state index is 13.6. The van der Waals surface area contributed by atoms with E-state index in [0.717, 1.165) is 27.2 Å². The Balaban J connectivity index is 1.36. The van der Waals surface area contributed by atoms with E-state index in [-0.39, 0.29) is 38.8 Å². The summed E-state index contributed by atoms with van der Waals surface area (Å²) >= 11 is 0. The number of aromatic nitrogens is 1. The van der Waals surface area contributed by atoms with Crippen molar-refractivity contribution in [3.63, 3.8) is 0 Å². The summed E-state index contributed by atoms with van der Waals surface area (Å²) in [5, 5.41) is 23.2. The number of nitrogens with one attached hydrogen (secondary N) is 9. The molecule has 1 aliphatic heterocycles. The summed E-state index contributed by atoms with van der Waals surface area (Å²) in [5.74, 6) is -5.06. The van der Waals surface area contributed by atoms with Gasteiger partial charge in [0, 0.05) is 56.4 Å². The largest absolute Gasteiger partial charge is 0.361 e. The van der Waals surface area contributed by atoms with Crippen molar-refractivity contribution >= 4 is 68.9 Å². The van der Waals surface area contributed by atoms with Crippen molar-refractivity contribution in [3.8, 4) is 0 Å². The zero-order valence-electron chi connectivity index (χ0n) is 30.8. The highest BCUT2D eigenvalue weighted by Crippen LogP contribution is 2.20. The van der Waals surface area contributed by atoms with Gasteiger partial charge in [-0.15, -0.1) is 0 Å². The molecule has 17 nitrogen and oxygen atoms in total. The average molecular weight is 768 g/mol. The topological polar surface area (TPSA) is 249 Å². The van der Waals surface area contributed by atoms with E-state index in [1.807, 2.05) is 66.7 Å². The highest BCUT2D eigenvalue weighted by molar-refractivity contribution is 5.95. The van der Waals surface area contributed by atoms with Crippen LogP contribution in [-0.2, 0) is 51.2 Å². The Bertz CT molecular complexity index is 2120. The summed E-state index contributed by atoms with van der Waals surface area (Å²) in [6, 6.07) is 17.2. The number of aromatic amines is 1. The van der Waals surface area contributed by atoms with E-state index in [4.69, 9.17) is 0 Å². The van der Waals surface area contributed by atoms with Gasteiger partial charge in [0.15, 0.2) is 0 Å². The smallest absolute Gasteiger partial charge is 0.243 e. The van der Waals surface area contributed by atoms with E-state index < -0.39 is 85.0 Å². The van der Waals surface area contributed by atoms with E-state index in [9.17, 15) is 38.4 Å². The lowest BCUT2D eigenvalue weighted by molar-refractivity contribution is -0.132. The van der Waals surface area contributed by atoms with E-state index in [2.05, 4.69) is 47.5 Å². The van der Waals surface area contributed by atoms with Gasteiger partial charge in [-0.05, 0) is 34.4 Å². The molecule has 4 aromatic rings. The molecule has 17 heteroatoms. The molecule has 294 valence electrons. The Hall–Kier alpha value is -6.78. The second-order valence-electron chi connectivity index (χ2n) is 13.3. The summed E-state index contributed by atoms with van der Waals surface area (Å²) < 4.78 is 0. The first-order chi connectivity index (χ1) is 26.9. The Morgan fingerprint density at radius 1 is 0.696 bits per heavy atom. The van der Waals surface area contributed by atoms with Crippen molar-refractivity contribution < 1.29 is 38.4 Å². The Kier molecular flexibility index (Phi) is 14.1. The molecule has 5 rings (SSSR count). The van der Waals surface area contributed by atoms with Crippen molar-refractivity contribution in [2.75, 3.05) is 32.7 Å². The first kappa shape index (κ1) is 40.4. The molecule has 0 spiro atoms. The van der Waals surface area contributed by atoms with Gasteiger partial charge in [-0.1, -0.05) is 60.7 Å². The summed E-state index contributed by atoms with van der Waals surface area (Å²) in [7, 11) is 0. The molecule has 8 amide bonds.